The fourth-order valence-electron chi connectivity index (χ4n) is 1.87. The Hall–Kier alpha value is -2.20. The van der Waals surface area contributed by atoms with Crippen LogP contribution in [0.4, 0.5) is 0 Å². The number of hydrogen-bond donors (Lipinski definition) is 2. The van der Waals surface area contributed by atoms with E-state index in [2.05, 4.69) is 4.98 Å². The number of aromatic nitrogens is 1. The Bertz CT molecular complexity index is 538. The van der Waals surface area contributed by atoms with Crippen LogP contribution in [0, 0.1) is 0 Å². The first kappa shape index (κ1) is 13.2. The zero-order valence-electron chi connectivity index (χ0n) is 10.5. The highest BCUT2D eigenvalue weighted by Crippen LogP contribution is 2.11. The predicted molar refractivity (Wildman–Crippen MR) is 72.8 cm³/mol. The van der Waals surface area contributed by atoms with E-state index >= 15 is 0 Å². The molecule has 1 atom stereocenters. The summed E-state index contributed by atoms with van der Waals surface area (Å²) in [7, 11) is 0. The fourth-order valence-corrected chi connectivity index (χ4v) is 1.87. The highest BCUT2D eigenvalue weighted by Gasteiger charge is 2.11. The van der Waals surface area contributed by atoms with E-state index < -0.39 is 12.0 Å². The summed E-state index contributed by atoms with van der Waals surface area (Å²) in [6.07, 6.45) is 4.74. The summed E-state index contributed by atoms with van der Waals surface area (Å²) >= 11 is 0. The van der Waals surface area contributed by atoms with E-state index in [-0.39, 0.29) is 0 Å². The van der Waals surface area contributed by atoms with Crippen LogP contribution in [0.2, 0.25) is 0 Å². The van der Waals surface area contributed by atoms with E-state index in [9.17, 15) is 4.79 Å². The Kier molecular flexibility index (Phi) is 4.26. The van der Waals surface area contributed by atoms with Crippen molar-refractivity contribution < 1.29 is 9.90 Å². The summed E-state index contributed by atoms with van der Waals surface area (Å²) in [4.78, 5) is 14.7. The molecule has 19 heavy (non-hydrogen) atoms. The Labute approximate surface area is 111 Å². The molecule has 4 nitrogen and oxygen atoms in total. The molecule has 0 fully saturated rings. The summed E-state index contributed by atoms with van der Waals surface area (Å²) in [5.74, 6) is -0.971. The minimum absolute atomic E-state index is 0.352. The molecule has 0 saturated heterocycles. The second-order valence-corrected chi connectivity index (χ2v) is 4.50. The molecule has 0 bridgehead atoms. The first-order valence-electron chi connectivity index (χ1n) is 6.10. The van der Waals surface area contributed by atoms with Gasteiger partial charge < -0.3 is 10.8 Å². The van der Waals surface area contributed by atoms with Gasteiger partial charge in [0, 0.05) is 12.4 Å². The van der Waals surface area contributed by atoms with E-state index in [0.29, 0.717) is 6.42 Å². The average Bonchev–Trinajstić information content (AvgIpc) is 2.42. The number of aliphatic carboxylic acids is 1. The largest absolute Gasteiger partial charge is 0.480 e. The molecule has 0 spiro atoms. The SMILES string of the molecule is NC(Cc1ccc(Cc2ccncc2)cc1)C(=O)O. The highest BCUT2D eigenvalue weighted by molar-refractivity contribution is 5.73. The summed E-state index contributed by atoms with van der Waals surface area (Å²) in [6, 6.07) is 11.0. The molecular formula is C15H16N2O2. The standard InChI is InChI=1S/C15H16N2O2/c16-14(15(18)19)10-12-3-1-11(2-4-12)9-13-5-7-17-8-6-13/h1-8,14H,9-10,16H2,(H,18,19). The van der Waals surface area contributed by atoms with Crippen molar-refractivity contribution in [3.63, 3.8) is 0 Å². The number of rotatable bonds is 5. The number of carbonyl (C=O) groups is 1. The molecule has 1 unspecified atom stereocenters. The third kappa shape index (κ3) is 3.89. The van der Waals surface area contributed by atoms with Gasteiger partial charge in [-0.3, -0.25) is 9.78 Å². The molecule has 2 rings (SSSR count). The highest BCUT2D eigenvalue weighted by atomic mass is 16.4. The number of carboxylic acids is 1. The molecule has 1 aromatic heterocycles. The van der Waals surface area contributed by atoms with Crippen molar-refractivity contribution in [2.45, 2.75) is 18.9 Å². The number of carboxylic acid groups (broad SMARTS) is 1. The van der Waals surface area contributed by atoms with Gasteiger partial charge in [0.1, 0.15) is 6.04 Å². The summed E-state index contributed by atoms with van der Waals surface area (Å²) < 4.78 is 0. The van der Waals surface area contributed by atoms with Gasteiger partial charge in [0.15, 0.2) is 0 Å². The predicted octanol–water partition coefficient (Wildman–Crippen LogP) is 1.63. The van der Waals surface area contributed by atoms with Gasteiger partial charge in [-0.15, -0.1) is 0 Å². The van der Waals surface area contributed by atoms with Gasteiger partial charge in [-0.1, -0.05) is 24.3 Å². The molecule has 0 aliphatic heterocycles. The van der Waals surface area contributed by atoms with Crippen LogP contribution in [0.15, 0.2) is 48.8 Å². The van der Waals surface area contributed by atoms with Crippen LogP contribution < -0.4 is 5.73 Å². The molecule has 1 aromatic carbocycles. The van der Waals surface area contributed by atoms with Crippen molar-refractivity contribution in [2.24, 2.45) is 5.73 Å². The summed E-state index contributed by atoms with van der Waals surface area (Å²) in [6.45, 7) is 0. The fraction of sp³-hybridized carbons (Fsp3) is 0.200. The van der Waals surface area contributed by atoms with E-state index in [0.717, 1.165) is 12.0 Å². The second kappa shape index (κ2) is 6.11. The molecule has 0 aliphatic carbocycles. The summed E-state index contributed by atoms with van der Waals surface area (Å²) in [5.41, 5.74) is 8.82. The Morgan fingerprint density at radius 3 is 2.16 bits per heavy atom. The van der Waals surface area contributed by atoms with Crippen molar-refractivity contribution in [1.29, 1.82) is 0 Å². The molecular weight excluding hydrogens is 240 g/mol. The Balaban J connectivity index is 2.01. The van der Waals surface area contributed by atoms with Gasteiger partial charge in [-0.2, -0.15) is 0 Å². The molecule has 2 aromatic rings. The number of nitrogens with zero attached hydrogens (tertiary/aromatic N) is 1. The van der Waals surface area contributed by atoms with Gasteiger partial charge >= 0.3 is 5.97 Å². The van der Waals surface area contributed by atoms with E-state index in [1.807, 2.05) is 36.4 Å². The van der Waals surface area contributed by atoms with E-state index in [1.54, 1.807) is 12.4 Å². The lowest BCUT2D eigenvalue weighted by molar-refractivity contribution is -0.138. The lowest BCUT2D eigenvalue weighted by atomic mass is 10.0. The van der Waals surface area contributed by atoms with Crippen LogP contribution >= 0.6 is 0 Å². The first-order valence-corrected chi connectivity index (χ1v) is 6.10. The first-order chi connectivity index (χ1) is 9.15. The van der Waals surface area contributed by atoms with E-state index in [4.69, 9.17) is 10.8 Å². The molecule has 0 aliphatic rings. The van der Waals surface area contributed by atoms with Crippen molar-refractivity contribution >= 4 is 5.97 Å². The monoisotopic (exact) mass is 256 g/mol. The molecule has 3 N–H and O–H groups in total. The maximum atomic E-state index is 10.7. The summed E-state index contributed by atoms with van der Waals surface area (Å²) in [5, 5.41) is 8.76. The van der Waals surface area contributed by atoms with Crippen molar-refractivity contribution in [2.75, 3.05) is 0 Å². The lowest BCUT2D eigenvalue weighted by Gasteiger charge is -2.07. The minimum atomic E-state index is -0.971. The van der Waals surface area contributed by atoms with E-state index in [1.165, 1.54) is 11.1 Å². The second-order valence-electron chi connectivity index (χ2n) is 4.50. The molecule has 4 heteroatoms. The van der Waals surface area contributed by atoms with Crippen molar-refractivity contribution in [3.05, 3.63) is 65.5 Å². The van der Waals surface area contributed by atoms with Crippen LogP contribution in [-0.4, -0.2) is 22.1 Å². The molecule has 98 valence electrons. The number of hydrogen-bond acceptors (Lipinski definition) is 3. The van der Waals surface area contributed by atoms with Gasteiger partial charge in [0.05, 0.1) is 0 Å². The molecule has 0 saturated carbocycles. The maximum absolute atomic E-state index is 10.7. The minimum Gasteiger partial charge on any atom is -0.480 e. The Morgan fingerprint density at radius 2 is 1.58 bits per heavy atom. The molecule has 1 heterocycles. The van der Waals surface area contributed by atoms with Crippen molar-refractivity contribution in [1.82, 2.24) is 4.98 Å². The van der Waals surface area contributed by atoms with Crippen LogP contribution in [-0.2, 0) is 17.6 Å². The van der Waals surface area contributed by atoms with Gasteiger partial charge in [-0.05, 0) is 41.7 Å². The Morgan fingerprint density at radius 1 is 1.05 bits per heavy atom. The normalized spacial score (nSPS) is 12.1. The van der Waals surface area contributed by atoms with Gasteiger partial charge in [0.2, 0.25) is 0 Å². The molecule has 0 radical (unpaired) electrons. The smallest absolute Gasteiger partial charge is 0.320 e. The topological polar surface area (TPSA) is 76.2 Å². The average molecular weight is 256 g/mol. The lowest BCUT2D eigenvalue weighted by Crippen LogP contribution is -2.32. The number of pyridine rings is 1. The van der Waals surface area contributed by atoms with Crippen LogP contribution in [0.3, 0.4) is 0 Å². The number of nitrogens with two attached hydrogens (primary N) is 1. The maximum Gasteiger partial charge on any atom is 0.320 e. The van der Waals surface area contributed by atoms with Crippen LogP contribution in [0.5, 0.6) is 0 Å². The third-order valence-corrected chi connectivity index (χ3v) is 2.95. The zero-order chi connectivity index (χ0) is 13.7. The van der Waals surface area contributed by atoms with Gasteiger partial charge in [-0.25, -0.2) is 0 Å². The molecule has 0 amide bonds. The number of benzene rings is 1. The third-order valence-electron chi connectivity index (χ3n) is 2.95. The van der Waals surface area contributed by atoms with Crippen LogP contribution in [0.1, 0.15) is 16.7 Å². The van der Waals surface area contributed by atoms with Crippen molar-refractivity contribution in [3.8, 4) is 0 Å². The zero-order valence-corrected chi connectivity index (χ0v) is 10.5. The quantitative estimate of drug-likeness (QED) is 0.852. The van der Waals surface area contributed by atoms with Gasteiger partial charge in [0.25, 0.3) is 0 Å². The van der Waals surface area contributed by atoms with Crippen LogP contribution in [0.25, 0.3) is 0 Å².